The van der Waals surface area contributed by atoms with Crippen LogP contribution in [0.2, 0.25) is 0 Å². The van der Waals surface area contributed by atoms with Crippen molar-refractivity contribution in [2.24, 2.45) is 10.9 Å². The Kier molecular flexibility index (Phi) is 12.5. The largest absolute Gasteiger partial charge is 0.457 e. The first-order chi connectivity index (χ1) is 22.3. The van der Waals surface area contributed by atoms with Gasteiger partial charge >= 0.3 is 6.09 Å². The molecule has 10 nitrogen and oxygen atoms in total. The number of primary amides is 1. The SMILES string of the molecule is C=C(O/N=C(\C)c1cc2c(cc1F)SCCC(=O)N2Cc1ccc(Oc2ccccc2)cc1)C(C)(C)S(C)(=O)=O.CC(C)(C)OC(N)=O. The molecule has 0 bridgehead atoms. The van der Waals surface area contributed by atoms with E-state index in [1.54, 1.807) is 38.7 Å². The van der Waals surface area contributed by atoms with Gasteiger partial charge in [0.25, 0.3) is 0 Å². The number of oxime groups is 1. The molecule has 1 heterocycles. The van der Waals surface area contributed by atoms with Crippen molar-refractivity contribution in [3.63, 3.8) is 0 Å². The standard InChI is InChI=1S/C30H31FN2O5S2.C5H11NO2/c1-20(32-38-21(2)30(3,4)40(5,35)36)25-17-27-28(18-26(25)31)39-16-15-29(34)33(27)19-22-11-13-24(14-12-22)37-23-9-7-6-8-10-23;1-5(2,3)8-4(6)7/h6-14,17-18H,2,15-16,19H2,1,3-5H3;1-3H3,(H2,6,7)/b32-20+;. The van der Waals surface area contributed by atoms with E-state index >= 15 is 4.39 Å². The zero-order valence-corrected chi connectivity index (χ0v) is 29.8. The Labute approximate surface area is 286 Å². The summed E-state index contributed by atoms with van der Waals surface area (Å²) in [5.74, 6) is 1.23. The van der Waals surface area contributed by atoms with E-state index in [2.05, 4.69) is 16.5 Å². The zero-order chi connectivity index (χ0) is 35.9. The Bertz CT molecular complexity index is 1770. The van der Waals surface area contributed by atoms with Gasteiger partial charge in [-0.3, -0.25) is 4.79 Å². The van der Waals surface area contributed by atoms with Crippen LogP contribution in [0.5, 0.6) is 11.5 Å². The Morgan fingerprint density at radius 1 is 1.04 bits per heavy atom. The average Bonchev–Trinajstić information content (AvgIpc) is 3.12. The third-order valence-electron chi connectivity index (χ3n) is 7.14. The lowest BCUT2D eigenvalue weighted by Crippen LogP contribution is -2.33. The number of ether oxygens (including phenoxy) is 2. The van der Waals surface area contributed by atoms with E-state index in [1.807, 2.05) is 54.6 Å². The summed E-state index contributed by atoms with van der Waals surface area (Å²) in [6, 6.07) is 19.9. The number of carbonyl (C=O) groups excluding carboxylic acids is 2. The Morgan fingerprint density at radius 3 is 2.19 bits per heavy atom. The Hall–Kier alpha value is -4.36. The number of halogens is 1. The first kappa shape index (κ1) is 38.1. The molecule has 1 aliphatic heterocycles. The molecule has 1 aliphatic rings. The maximum absolute atomic E-state index is 15.2. The molecule has 48 heavy (non-hydrogen) atoms. The van der Waals surface area contributed by atoms with Crippen LogP contribution in [0.4, 0.5) is 14.9 Å². The van der Waals surface area contributed by atoms with Crippen LogP contribution in [0.15, 0.2) is 89.1 Å². The molecule has 3 aromatic rings. The molecule has 0 fully saturated rings. The molecule has 0 unspecified atom stereocenters. The fourth-order valence-corrected chi connectivity index (χ4v) is 5.55. The highest BCUT2D eigenvalue weighted by Crippen LogP contribution is 2.38. The van der Waals surface area contributed by atoms with Gasteiger partial charge < -0.3 is 24.9 Å². The molecule has 0 saturated carbocycles. The highest BCUT2D eigenvalue weighted by molar-refractivity contribution is 7.99. The molecule has 0 saturated heterocycles. The maximum atomic E-state index is 15.2. The topological polar surface area (TPSA) is 138 Å². The molecule has 2 amide bonds. The first-order valence-corrected chi connectivity index (χ1v) is 17.8. The maximum Gasteiger partial charge on any atom is 0.405 e. The number of fused-ring (bicyclic) bond motifs is 1. The van der Waals surface area contributed by atoms with Gasteiger partial charge in [0, 0.05) is 28.9 Å². The second-order valence-electron chi connectivity index (χ2n) is 12.4. The minimum absolute atomic E-state index is 0.0810. The minimum Gasteiger partial charge on any atom is -0.457 e. The van der Waals surface area contributed by atoms with Crippen molar-refractivity contribution in [3.05, 3.63) is 96.0 Å². The summed E-state index contributed by atoms with van der Waals surface area (Å²) >= 11 is 1.42. The summed E-state index contributed by atoms with van der Waals surface area (Å²) in [6.45, 7) is 13.7. The highest BCUT2D eigenvalue weighted by atomic mass is 32.2. The number of hydrogen-bond acceptors (Lipinski definition) is 9. The third-order valence-corrected chi connectivity index (χ3v) is 10.3. The fraction of sp³-hybridized carbons (Fsp3) is 0.343. The number of anilines is 1. The summed E-state index contributed by atoms with van der Waals surface area (Å²) in [5.41, 5.74) is 6.02. The van der Waals surface area contributed by atoms with Crippen molar-refractivity contribution in [1.82, 2.24) is 0 Å². The number of para-hydroxylation sites is 1. The number of thioether (sulfide) groups is 1. The number of benzene rings is 3. The van der Waals surface area contributed by atoms with Gasteiger partial charge in [0.2, 0.25) is 5.91 Å². The van der Waals surface area contributed by atoms with E-state index in [4.69, 9.17) is 15.3 Å². The van der Waals surface area contributed by atoms with Crippen molar-refractivity contribution in [3.8, 4) is 11.5 Å². The predicted octanol–water partition coefficient (Wildman–Crippen LogP) is 7.60. The number of hydrogen-bond donors (Lipinski definition) is 1. The molecule has 3 aromatic carbocycles. The Morgan fingerprint density at radius 2 is 1.65 bits per heavy atom. The lowest BCUT2D eigenvalue weighted by molar-refractivity contribution is -0.118. The molecule has 0 radical (unpaired) electrons. The normalized spacial score (nSPS) is 13.8. The van der Waals surface area contributed by atoms with Gasteiger partial charge in [-0.15, -0.1) is 11.8 Å². The summed E-state index contributed by atoms with van der Waals surface area (Å²) < 4.78 is 48.4. The van der Waals surface area contributed by atoms with Gasteiger partial charge in [-0.25, -0.2) is 17.6 Å². The van der Waals surface area contributed by atoms with E-state index in [0.717, 1.165) is 17.6 Å². The third kappa shape index (κ3) is 10.6. The lowest BCUT2D eigenvalue weighted by Gasteiger charge is -2.24. The molecule has 2 N–H and O–H groups in total. The number of amides is 2. The van der Waals surface area contributed by atoms with Crippen LogP contribution in [0.3, 0.4) is 0 Å². The van der Waals surface area contributed by atoms with Crippen molar-refractivity contribution in [2.45, 2.75) is 69.8 Å². The van der Waals surface area contributed by atoms with Crippen LogP contribution in [0.25, 0.3) is 0 Å². The van der Waals surface area contributed by atoms with Crippen molar-refractivity contribution < 1.29 is 36.7 Å². The van der Waals surface area contributed by atoms with Crippen LogP contribution in [-0.4, -0.2) is 48.5 Å². The van der Waals surface area contributed by atoms with Crippen molar-refractivity contribution in [2.75, 3.05) is 16.9 Å². The van der Waals surface area contributed by atoms with Crippen LogP contribution < -0.4 is 15.4 Å². The van der Waals surface area contributed by atoms with E-state index in [0.29, 0.717) is 28.5 Å². The van der Waals surface area contributed by atoms with Gasteiger partial charge in [-0.05, 0) is 83.5 Å². The molecule has 4 rings (SSSR count). The second-order valence-corrected chi connectivity index (χ2v) is 16.1. The molecule has 0 aliphatic carbocycles. The molecule has 0 atom stereocenters. The van der Waals surface area contributed by atoms with Crippen molar-refractivity contribution >= 4 is 45.0 Å². The van der Waals surface area contributed by atoms with Crippen molar-refractivity contribution in [1.29, 1.82) is 0 Å². The molecule has 258 valence electrons. The molecule has 13 heteroatoms. The number of nitrogens with two attached hydrogens (primary N) is 1. The highest BCUT2D eigenvalue weighted by Gasteiger charge is 2.36. The van der Waals surface area contributed by atoms with Crippen LogP contribution >= 0.6 is 11.8 Å². The van der Waals surface area contributed by atoms with Gasteiger partial charge in [-0.1, -0.05) is 42.1 Å². The summed E-state index contributed by atoms with van der Waals surface area (Å²) in [4.78, 5) is 30.8. The zero-order valence-electron chi connectivity index (χ0n) is 28.2. The van der Waals surface area contributed by atoms with Gasteiger partial charge in [0.05, 0.1) is 17.9 Å². The smallest absolute Gasteiger partial charge is 0.405 e. The average molecular weight is 700 g/mol. The number of rotatable bonds is 9. The summed E-state index contributed by atoms with van der Waals surface area (Å²) in [7, 11) is -3.52. The van der Waals surface area contributed by atoms with Gasteiger partial charge in [0.1, 0.15) is 33.4 Å². The van der Waals surface area contributed by atoms with E-state index in [-0.39, 0.29) is 29.5 Å². The molecular formula is C35H42FN3O7S2. The number of carbonyl (C=O) groups is 2. The quantitative estimate of drug-likeness (QED) is 0.137. The second kappa shape index (κ2) is 15.7. The monoisotopic (exact) mass is 699 g/mol. The fourth-order valence-electron chi connectivity index (χ4n) is 4.10. The summed E-state index contributed by atoms with van der Waals surface area (Å²) in [5, 5.41) is 3.97. The molecule has 0 spiro atoms. The van der Waals surface area contributed by atoms with E-state index < -0.39 is 32.1 Å². The minimum atomic E-state index is -3.52. The van der Waals surface area contributed by atoms with Crippen LogP contribution in [-0.2, 0) is 30.8 Å². The van der Waals surface area contributed by atoms with E-state index in [9.17, 15) is 18.0 Å². The first-order valence-electron chi connectivity index (χ1n) is 15.0. The predicted molar refractivity (Wildman–Crippen MR) is 188 cm³/mol. The Balaban J connectivity index is 0.000000694. The van der Waals surface area contributed by atoms with E-state index in [1.165, 1.54) is 31.7 Å². The van der Waals surface area contributed by atoms with Crippen LogP contribution in [0.1, 0.15) is 59.1 Å². The van der Waals surface area contributed by atoms with Gasteiger partial charge in [-0.2, -0.15) is 0 Å². The van der Waals surface area contributed by atoms with Gasteiger partial charge in [0.15, 0.2) is 9.84 Å². The molecule has 0 aromatic heterocycles. The number of sulfone groups is 1. The number of nitrogens with zero attached hydrogens (tertiary/aromatic N) is 2. The lowest BCUT2D eigenvalue weighted by atomic mass is 10.1. The molecular weight excluding hydrogens is 658 g/mol. The summed E-state index contributed by atoms with van der Waals surface area (Å²) in [6.07, 6.45) is 0.664. The van der Waals surface area contributed by atoms with Crippen LogP contribution in [0, 0.1) is 5.82 Å².